The Kier molecular flexibility index (Phi) is 5.60. The Morgan fingerprint density at radius 1 is 1.21 bits per heavy atom. The van der Waals surface area contributed by atoms with Crippen molar-refractivity contribution in [2.75, 3.05) is 4.90 Å². The van der Waals surface area contributed by atoms with Crippen molar-refractivity contribution in [3.05, 3.63) is 24.8 Å². The van der Waals surface area contributed by atoms with Gasteiger partial charge >= 0.3 is 5.97 Å². The van der Waals surface area contributed by atoms with Gasteiger partial charge in [0.15, 0.2) is 23.8 Å². The molecule has 1 unspecified atom stereocenters. The zero-order valence-corrected chi connectivity index (χ0v) is 18.4. The summed E-state index contributed by atoms with van der Waals surface area (Å²) in [5.41, 5.74) is 1.13. The number of halogens is 1. The third-order valence-electron chi connectivity index (χ3n) is 6.42. The molecule has 2 fully saturated rings. The van der Waals surface area contributed by atoms with E-state index in [2.05, 4.69) is 15.1 Å². The van der Waals surface area contributed by atoms with Crippen LogP contribution in [0.5, 0.6) is 0 Å². The van der Waals surface area contributed by atoms with Gasteiger partial charge in [0, 0.05) is 30.6 Å². The van der Waals surface area contributed by atoms with Crippen LogP contribution < -0.4 is 4.90 Å². The topological polar surface area (TPSA) is 123 Å². The van der Waals surface area contributed by atoms with Gasteiger partial charge in [0.2, 0.25) is 11.8 Å². The Morgan fingerprint density at radius 3 is 2.61 bits per heavy atom. The van der Waals surface area contributed by atoms with Crippen molar-refractivity contribution in [3.8, 4) is 11.3 Å². The highest BCUT2D eigenvalue weighted by Crippen LogP contribution is 2.40. The van der Waals surface area contributed by atoms with Crippen LogP contribution >= 0.6 is 12.3 Å². The number of carbonyl (C=O) groups is 3. The van der Waals surface area contributed by atoms with Gasteiger partial charge in [-0.05, 0) is 24.8 Å². The summed E-state index contributed by atoms with van der Waals surface area (Å²) in [5.74, 6) is -1.44. The van der Waals surface area contributed by atoms with Gasteiger partial charge in [-0.2, -0.15) is 5.10 Å². The molecule has 1 aliphatic carbocycles. The van der Waals surface area contributed by atoms with Crippen LogP contribution in [0.15, 0.2) is 24.8 Å². The quantitative estimate of drug-likeness (QED) is 0.518. The van der Waals surface area contributed by atoms with E-state index in [1.165, 1.54) is 16.5 Å². The molecule has 33 heavy (non-hydrogen) atoms. The van der Waals surface area contributed by atoms with Crippen molar-refractivity contribution in [2.45, 2.75) is 51.0 Å². The second-order valence-electron chi connectivity index (χ2n) is 8.35. The lowest BCUT2D eigenvalue weighted by atomic mass is 9.95. The first-order chi connectivity index (χ1) is 16.0. The molecule has 4 heterocycles. The Bertz CT molecular complexity index is 1230. The molecule has 1 atom stereocenters. The number of carboxylic acids is 1. The minimum absolute atomic E-state index is 0.00548. The summed E-state index contributed by atoms with van der Waals surface area (Å²) in [6.45, 7) is 0. The fraction of sp³-hybridized carbons (Fsp3) is 0.429. The highest BCUT2D eigenvalue weighted by molar-refractivity contribution is 7.92. The van der Waals surface area contributed by atoms with Crippen molar-refractivity contribution in [1.29, 1.82) is 0 Å². The summed E-state index contributed by atoms with van der Waals surface area (Å²) in [6, 6.07) is 1.23. The third-order valence-corrected chi connectivity index (χ3v) is 6.86. The predicted octanol–water partition coefficient (Wildman–Crippen LogP) is 3.54. The number of carboxylic acid groups (broad SMARTS) is 1. The summed E-state index contributed by atoms with van der Waals surface area (Å²) in [5, 5.41) is 14.7. The van der Waals surface area contributed by atoms with E-state index in [4.69, 9.17) is 0 Å². The van der Waals surface area contributed by atoms with E-state index in [9.17, 15) is 23.4 Å². The average molecular weight is 473 g/mol. The maximum Gasteiger partial charge on any atom is 0.305 e. The standard InChI is InChI=1S/C21H21FN6O4S/c22-33-27-8-7-13-19(23-11-24-20(13)27)14-10-26(15(9-18(31)32)12-3-1-2-4-12)25-21(14)28-16(29)5-6-17(28)30/h7-8,10-12,15H,1-6,9H2,(H,31,32). The first-order valence-electron chi connectivity index (χ1n) is 10.8. The second-order valence-corrected chi connectivity index (χ2v) is 8.88. The first kappa shape index (κ1) is 21.6. The molecule has 1 N–H and O–H groups in total. The summed E-state index contributed by atoms with van der Waals surface area (Å²) < 4.78 is 16.1. The van der Waals surface area contributed by atoms with E-state index in [-0.39, 0.29) is 55.1 Å². The van der Waals surface area contributed by atoms with Gasteiger partial charge in [-0.3, -0.25) is 19.1 Å². The molecule has 3 aromatic rings. The van der Waals surface area contributed by atoms with Gasteiger partial charge in [-0.15, -0.1) is 3.89 Å². The molecular formula is C21H21FN6O4S. The Hall–Kier alpha value is -3.28. The molecule has 1 saturated carbocycles. The van der Waals surface area contributed by atoms with E-state index >= 15 is 0 Å². The molecule has 2 aliphatic rings. The molecular weight excluding hydrogens is 451 g/mol. The third kappa shape index (κ3) is 3.77. The average Bonchev–Trinajstić information content (AvgIpc) is 3.58. The Morgan fingerprint density at radius 2 is 1.94 bits per heavy atom. The van der Waals surface area contributed by atoms with Crippen molar-refractivity contribution >= 4 is 47.0 Å². The normalized spacial score (nSPS) is 18.0. The second kappa shape index (κ2) is 8.58. The van der Waals surface area contributed by atoms with Crippen molar-refractivity contribution in [2.24, 2.45) is 5.92 Å². The number of imide groups is 1. The molecule has 3 aromatic heterocycles. The summed E-state index contributed by atoms with van der Waals surface area (Å²) >= 11 is -0.00548. The lowest BCUT2D eigenvalue weighted by Gasteiger charge is -2.22. The maximum absolute atomic E-state index is 13.3. The molecule has 1 aliphatic heterocycles. The molecule has 10 nitrogen and oxygen atoms in total. The highest BCUT2D eigenvalue weighted by Gasteiger charge is 2.37. The summed E-state index contributed by atoms with van der Waals surface area (Å²) in [6.07, 6.45) is 8.30. The van der Waals surface area contributed by atoms with Crippen molar-refractivity contribution in [1.82, 2.24) is 23.7 Å². The molecule has 0 radical (unpaired) electrons. The number of aromatic nitrogens is 5. The molecule has 172 valence electrons. The smallest absolute Gasteiger partial charge is 0.305 e. The van der Waals surface area contributed by atoms with Crippen LogP contribution in [0, 0.1) is 5.92 Å². The van der Waals surface area contributed by atoms with E-state index in [1.807, 2.05) is 0 Å². The number of aliphatic carboxylic acids is 1. The lowest BCUT2D eigenvalue weighted by Crippen LogP contribution is -2.30. The number of hydrogen-bond acceptors (Lipinski definition) is 7. The summed E-state index contributed by atoms with van der Waals surface area (Å²) in [4.78, 5) is 46.3. The highest BCUT2D eigenvalue weighted by atomic mass is 32.2. The minimum atomic E-state index is -0.944. The van der Waals surface area contributed by atoms with E-state index < -0.39 is 12.0 Å². The Labute approximate surface area is 192 Å². The lowest BCUT2D eigenvalue weighted by molar-refractivity contribution is -0.138. The van der Waals surface area contributed by atoms with Crippen LogP contribution in [0.3, 0.4) is 0 Å². The van der Waals surface area contributed by atoms with Crippen LogP contribution in [-0.4, -0.2) is 46.6 Å². The van der Waals surface area contributed by atoms with Gasteiger partial charge in [0.1, 0.15) is 6.33 Å². The maximum atomic E-state index is 13.3. The number of hydrogen-bond donors (Lipinski definition) is 1. The monoisotopic (exact) mass is 472 g/mol. The fourth-order valence-corrected chi connectivity index (χ4v) is 5.21. The number of fused-ring (bicyclic) bond motifs is 1. The largest absolute Gasteiger partial charge is 0.481 e. The predicted molar refractivity (Wildman–Crippen MR) is 118 cm³/mol. The SMILES string of the molecule is O=C(O)CC(C1CCCC1)n1cc(-c2ncnc3c2ccn3SF)c(N2C(=O)CCC2=O)n1. The Balaban J connectivity index is 1.69. The van der Waals surface area contributed by atoms with Crippen LogP contribution in [0.2, 0.25) is 0 Å². The number of anilines is 1. The van der Waals surface area contributed by atoms with Crippen LogP contribution in [0.4, 0.5) is 9.70 Å². The minimum Gasteiger partial charge on any atom is -0.481 e. The zero-order chi connectivity index (χ0) is 23.1. The molecule has 1 saturated heterocycles. The van der Waals surface area contributed by atoms with Crippen molar-refractivity contribution < 1.29 is 23.4 Å². The molecule has 0 aromatic carbocycles. The van der Waals surface area contributed by atoms with Crippen LogP contribution in [0.25, 0.3) is 22.3 Å². The van der Waals surface area contributed by atoms with Gasteiger partial charge in [-0.25, -0.2) is 18.8 Å². The van der Waals surface area contributed by atoms with Gasteiger partial charge in [0.05, 0.1) is 23.7 Å². The summed E-state index contributed by atoms with van der Waals surface area (Å²) in [7, 11) is 0. The number of amides is 2. The van der Waals surface area contributed by atoms with E-state index in [1.54, 1.807) is 16.9 Å². The van der Waals surface area contributed by atoms with Gasteiger partial charge in [-0.1, -0.05) is 12.8 Å². The fourth-order valence-electron chi connectivity index (χ4n) is 4.89. The van der Waals surface area contributed by atoms with E-state index in [0.29, 0.717) is 22.3 Å². The molecule has 5 rings (SSSR count). The van der Waals surface area contributed by atoms with Gasteiger partial charge in [0.25, 0.3) is 0 Å². The van der Waals surface area contributed by atoms with Crippen LogP contribution in [-0.2, 0) is 14.4 Å². The van der Waals surface area contributed by atoms with Gasteiger partial charge < -0.3 is 5.11 Å². The number of rotatable bonds is 7. The number of carbonyl (C=O) groups excluding carboxylic acids is 2. The van der Waals surface area contributed by atoms with E-state index in [0.717, 1.165) is 30.6 Å². The molecule has 12 heteroatoms. The molecule has 0 spiro atoms. The molecule has 2 amide bonds. The van der Waals surface area contributed by atoms with Crippen molar-refractivity contribution in [3.63, 3.8) is 0 Å². The molecule has 0 bridgehead atoms. The zero-order valence-electron chi connectivity index (χ0n) is 17.6. The number of nitrogens with zero attached hydrogens (tertiary/aromatic N) is 6. The first-order valence-corrected chi connectivity index (χ1v) is 11.4. The van der Waals surface area contributed by atoms with Crippen LogP contribution in [0.1, 0.15) is 51.0 Å².